The Labute approximate surface area is 71.9 Å². The molecule has 0 saturated heterocycles. The average Bonchev–Trinajstić information content (AvgIpc) is 2.20. The van der Waals surface area contributed by atoms with E-state index in [9.17, 15) is 0 Å². The van der Waals surface area contributed by atoms with Crippen molar-refractivity contribution in [2.24, 2.45) is 0 Å². The highest BCUT2D eigenvalue weighted by Gasteiger charge is 1.93. The Morgan fingerprint density at radius 3 is 1.08 bits per heavy atom. The molecule has 0 aliphatic rings. The molecule has 12 heavy (non-hydrogen) atoms. The summed E-state index contributed by atoms with van der Waals surface area (Å²) in [6.07, 6.45) is -0.954. The van der Waals surface area contributed by atoms with Crippen molar-refractivity contribution in [2.75, 3.05) is 13.2 Å². The molecule has 3 nitrogen and oxygen atoms in total. The molecule has 1 rings (SSSR count). The zero-order valence-electron chi connectivity index (χ0n) is 6.80. The molecule has 68 valence electrons. The van der Waals surface area contributed by atoms with Crippen LogP contribution in [0.1, 0.15) is 0 Å². The fraction of sp³-hybridized carbons (Fsp3) is 0.333. The number of aliphatic hydroxyl groups excluding tert-OH is 3. The van der Waals surface area contributed by atoms with E-state index in [1.165, 1.54) is 0 Å². The maximum absolute atomic E-state index is 8.17. The lowest BCUT2D eigenvalue weighted by Crippen LogP contribution is -2.15. The summed E-state index contributed by atoms with van der Waals surface area (Å²) in [5.41, 5.74) is 0. The molecule has 0 fully saturated rings. The number of benzene rings is 1. The first-order valence-electron chi connectivity index (χ1n) is 3.71. The first-order valence-corrected chi connectivity index (χ1v) is 3.71. The third-order valence-corrected chi connectivity index (χ3v) is 1.09. The van der Waals surface area contributed by atoms with Crippen LogP contribution >= 0.6 is 0 Å². The molecule has 0 radical (unpaired) electrons. The third kappa shape index (κ3) is 7.21. The van der Waals surface area contributed by atoms with Crippen molar-refractivity contribution in [3.8, 4) is 0 Å². The van der Waals surface area contributed by atoms with Gasteiger partial charge in [0.15, 0.2) is 0 Å². The van der Waals surface area contributed by atoms with Gasteiger partial charge in [-0.2, -0.15) is 0 Å². The molecule has 0 aromatic heterocycles. The van der Waals surface area contributed by atoms with Gasteiger partial charge in [0.25, 0.3) is 0 Å². The fourth-order valence-corrected chi connectivity index (χ4v) is 0.443. The quantitative estimate of drug-likeness (QED) is 0.586. The Hall–Kier alpha value is -0.900. The van der Waals surface area contributed by atoms with Crippen molar-refractivity contribution >= 4 is 0 Å². The van der Waals surface area contributed by atoms with Crippen molar-refractivity contribution in [3.05, 3.63) is 36.4 Å². The van der Waals surface area contributed by atoms with Gasteiger partial charge in [0.1, 0.15) is 6.10 Å². The van der Waals surface area contributed by atoms with Gasteiger partial charge >= 0.3 is 0 Å². The standard InChI is InChI=1S/C6H6.C3H8O3/c1-2-4-6-5-3-1;4-1-3(6)2-5/h1-6H;3-6H,1-2H2. The van der Waals surface area contributed by atoms with Crippen LogP contribution in [0.4, 0.5) is 0 Å². The van der Waals surface area contributed by atoms with Gasteiger partial charge in [0.2, 0.25) is 0 Å². The monoisotopic (exact) mass is 170 g/mol. The van der Waals surface area contributed by atoms with Crippen molar-refractivity contribution in [1.82, 2.24) is 0 Å². The molecule has 0 bridgehead atoms. The van der Waals surface area contributed by atoms with E-state index in [-0.39, 0.29) is 13.2 Å². The lowest BCUT2D eigenvalue weighted by molar-refractivity contribution is 0.0450. The summed E-state index contributed by atoms with van der Waals surface area (Å²) in [6.45, 7) is -0.729. The topological polar surface area (TPSA) is 60.7 Å². The van der Waals surface area contributed by atoms with E-state index in [4.69, 9.17) is 15.3 Å². The molecule has 0 atom stereocenters. The van der Waals surface area contributed by atoms with Gasteiger partial charge in [0, 0.05) is 0 Å². The van der Waals surface area contributed by atoms with E-state index >= 15 is 0 Å². The lowest BCUT2D eigenvalue weighted by atomic mass is 10.4. The van der Waals surface area contributed by atoms with E-state index in [1.54, 1.807) is 0 Å². The number of aliphatic hydroxyl groups is 3. The molecule has 1 aromatic rings. The molecule has 0 spiro atoms. The molecule has 3 heteroatoms. The van der Waals surface area contributed by atoms with Gasteiger partial charge < -0.3 is 15.3 Å². The summed E-state index contributed by atoms with van der Waals surface area (Å²) in [7, 11) is 0. The third-order valence-electron chi connectivity index (χ3n) is 1.09. The number of rotatable bonds is 2. The minimum absolute atomic E-state index is 0.365. The Kier molecular flexibility index (Phi) is 7.58. The smallest absolute Gasteiger partial charge is 0.100 e. The van der Waals surface area contributed by atoms with Gasteiger partial charge in [-0.15, -0.1) is 0 Å². The fourth-order valence-electron chi connectivity index (χ4n) is 0.443. The van der Waals surface area contributed by atoms with Crippen LogP contribution in [0.3, 0.4) is 0 Å². The highest BCUT2D eigenvalue weighted by molar-refractivity contribution is 4.99. The molecule has 3 N–H and O–H groups in total. The molecular formula is C9H14O3. The van der Waals surface area contributed by atoms with Crippen LogP contribution in [-0.2, 0) is 0 Å². The van der Waals surface area contributed by atoms with Crippen LogP contribution in [-0.4, -0.2) is 34.6 Å². The normalized spacial score (nSPS) is 9.00. The van der Waals surface area contributed by atoms with Crippen molar-refractivity contribution in [3.63, 3.8) is 0 Å². The molecule has 0 unspecified atom stereocenters. The van der Waals surface area contributed by atoms with Gasteiger partial charge in [-0.25, -0.2) is 0 Å². The van der Waals surface area contributed by atoms with Crippen LogP contribution in [0, 0.1) is 0 Å². The summed E-state index contributed by atoms with van der Waals surface area (Å²) in [5, 5.41) is 24.0. The van der Waals surface area contributed by atoms with Gasteiger partial charge in [0.05, 0.1) is 13.2 Å². The van der Waals surface area contributed by atoms with Crippen LogP contribution in [0.25, 0.3) is 0 Å². The Bertz CT molecular complexity index is 134. The molecule has 1 aromatic carbocycles. The first-order chi connectivity index (χ1) is 5.81. The van der Waals surface area contributed by atoms with Crippen LogP contribution in [0.5, 0.6) is 0 Å². The zero-order chi connectivity index (χ0) is 9.23. The second kappa shape index (κ2) is 8.20. The molecule has 0 amide bonds. The molecule has 0 saturated carbocycles. The second-order valence-electron chi connectivity index (χ2n) is 2.17. The summed E-state index contributed by atoms with van der Waals surface area (Å²) in [6, 6.07) is 12.0. The first kappa shape index (κ1) is 11.1. The zero-order valence-corrected chi connectivity index (χ0v) is 6.80. The maximum atomic E-state index is 8.17. The van der Waals surface area contributed by atoms with Gasteiger partial charge in [-0.1, -0.05) is 36.4 Å². The largest absolute Gasteiger partial charge is 0.394 e. The van der Waals surface area contributed by atoms with Crippen LogP contribution < -0.4 is 0 Å². The molecule has 0 aliphatic heterocycles. The van der Waals surface area contributed by atoms with Crippen molar-refractivity contribution < 1.29 is 15.3 Å². The maximum Gasteiger partial charge on any atom is 0.100 e. The van der Waals surface area contributed by atoms with E-state index in [0.717, 1.165) is 0 Å². The van der Waals surface area contributed by atoms with Crippen molar-refractivity contribution in [2.45, 2.75) is 6.10 Å². The van der Waals surface area contributed by atoms with Crippen LogP contribution in [0.2, 0.25) is 0 Å². The Morgan fingerprint density at radius 1 is 0.750 bits per heavy atom. The van der Waals surface area contributed by atoms with E-state index < -0.39 is 6.10 Å². The minimum Gasteiger partial charge on any atom is -0.394 e. The summed E-state index contributed by atoms with van der Waals surface area (Å²) in [4.78, 5) is 0. The SMILES string of the molecule is OCC(O)CO.c1ccccc1. The minimum atomic E-state index is -0.954. The summed E-state index contributed by atoms with van der Waals surface area (Å²) < 4.78 is 0. The Morgan fingerprint density at radius 2 is 1.00 bits per heavy atom. The highest BCUT2D eigenvalue weighted by Crippen LogP contribution is 1.79. The molecule has 0 heterocycles. The van der Waals surface area contributed by atoms with E-state index in [1.807, 2.05) is 36.4 Å². The predicted molar refractivity (Wildman–Crippen MR) is 46.6 cm³/mol. The van der Waals surface area contributed by atoms with Crippen molar-refractivity contribution in [1.29, 1.82) is 0 Å². The van der Waals surface area contributed by atoms with Crippen LogP contribution in [0.15, 0.2) is 36.4 Å². The predicted octanol–water partition coefficient (Wildman–Crippen LogP) is 0.0185. The molecular weight excluding hydrogens is 156 g/mol. The Balaban J connectivity index is 0.000000202. The summed E-state index contributed by atoms with van der Waals surface area (Å²) in [5.74, 6) is 0. The van der Waals surface area contributed by atoms with Gasteiger partial charge in [-0.05, 0) is 0 Å². The lowest BCUT2D eigenvalue weighted by Gasteiger charge is -1.96. The van der Waals surface area contributed by atoms with E-state index in [2.05, 4.69) is 0 Å². The molecule has 0 aliphatic carbocycles. The highest BCUT2D eigenvalue weighted by atomic mass is 16.3. The average molecular weight is 170 g/mol. The van der Waals surface area contributed by atoms with Gasteiger partial charge in [-0.3, -0.25) is 0 Å². The number of hydrogen-bond donors (Lipinski definition) is 3. The number of hydrogen-bond acceptors (Lipinski definition) is 3. The van der Waals surface area contributed by atoms with E-state index in [0.29, 0.717) is 0 Å². The second-order valence-corrected chi connectivity index (χ2v) is 2.17. The summed E-state index contributed by atoms with van der Waals surface area (Å²) >= 11 is 0.